The smallest absolute Gasteiger partial charge is 0.275 e. The van der Waals surface area contributed by atoms with Crippen molar-refractivity contribution in [2.45, 2.75) is 19.4 Å². The molecule has 1 N–H and O–H groups in total. The summed E-state index contributed by atoms with van der Waals surface area (Å²) in [5, 5.41) is 7.99. The Morgan fingerprint density at radius 3 is 2.82 bits per heavy atom. The fourth-order valence-corrected chi connectivity index (χ4v) is 3.25. The highest BCUT2D eigenvalue weighted by Crippen LogP contribution is 2.28. The van der Waals surface area contributed by atoms with Crippen LogP contribution in [0.15, 0.2) is 18.2 Å². The number of fused-ring (bicyclic) bond motifs is 1. The Balaban J connectivity index is 1.99. The van der Waals surface area contributed by atoms with Crippen LogP contribution in [0, 0.1) is 0 Å². The summed E-state index contributed by atoms with van der Waals surface area (Å²) in [6.45, 7) is 6.62. The van der Waals surface area contributed by atoms with Crippen molar-refractivity contribution in [3.63, 3.8) is 0 Å². The molecule has 1 amide bonds. The molecule has 1 aliphatic rings. The second kappa shape index (κ2) is 5.28. The van der Waals surface area contributed by atoms with E-state index in [1.54, 1.807) is 7.11 Å². The lowest BCUT2D eigenvalue weighted by Gasteiger charge is -2.45. The van der Waals surface area contributed by atoms with E-state index in [1.165, 1.54) is 0 Å². The predicted octanol–water partition coefficient (Wildman–Crippen LogP) is 1.74. The second-order valence-electron chi connectivity index (χ2n) is 6.46. The maximum absolute atomic E-state index is 13.0. The van der Waals surface area contributed by atoms with Crippen LogP contribution in [0.5, 0.6) is 5.75 Å². The van der Waals surface area contributed by atoms with Crippen LogP contribution in [-0.2, 0) is 0 Å². The molecule has 1 aromatic carbocycles. The van der Waals surface area contributed by atoms with Gasteiger partial charge in [0, 0.05) is 25.0 Å². The third-order valence-corrected chi connectivity index (χ3v) is 4.32. The number of aromatic amines is 1. The average molecular weight is 302 g/mol. The van der Waals surface area contributed by atoms with Crippen molar-refractivity contribution in [2.75, 3.05) is 33.8 Å². The number of benzene rings is 1. The van der Waals surface area contributed by atoms with E-state index in [4.69, 9.17) is 4.74 Å². The number of amides is 1. The van der Waals surface area contributed by atoms with E-state index < -0.39 is 0 Å². The number of nitrogens with one attached hydrogen (secondary N) is 1. The van der Waals surface area contributed by atoms with Crippen molar-refractivity contribution >= 4 is 16.8 Å². The van der Waals surface area contributed by atoms with E-state index in [9.17, 15) is 4.79 Å². The zero-order valence-corrected chi connectivity index (χ0v) is 13.5. The summed E-state index contributed by atoms with van der Waals surface area (Å²) in [4.78, 5) is 17.1. The van der Waals surface area contributed by atoms with Crippen molar-refractivity contribution < 1.29 is 9.53 Å². The van der Waals surface area contributed by atoms with E-state index in [0.717, 1.165) is 24.0 Å². The third kappa shape index (κ3) is 2.33. The lowest BCUT2D eigenvalue weighted by Crippen LogP contribution is -2.60. The topological polar surface area (TPSA) is 61.5 Å². The first kappa shape index (κ1) is 14.8. The SMILES string of the molecule is COc1cccc2c(C(=O)N3CCN(C)CC3(C)C)n[nH]c12. The maximum atomic E-state index is 13.0. The second-order valence-corrected chi connectivity index (χ2v) is 6.46. The Labute approximate surface area is 130 Å². The lowest BCUT2D eigenvalue weighted by molar-refractivity contribution is 0.0245. The van der Waals surface area contributed by atoms with Crippen LogP contribution in [0.3, 0.4) is 0 Å². The first-order valence-electron chi connectivity index (χ1n) is 7.45. The van der Waals surface area contributed by atoms with Crippen LogP contribution in [0.1, 0.15) is 24.3 Å². The van der Waals surface area contributed by atoms with E-state index in [1.807, 2.05) is 23.1 Å². The molecule has 0 atom stereocenters. The number of rotatable bonds is 2. The highest BCUT2D eigenvalue weighted by atomic mass is 16.5. The number of likely N-dealkylation sites (N-methyl/N-ethyl adjacent to an activating group) is 1. The number of hydrogen-bond acceptors (Lipinski definition) is 4. The number of ether oxygens (including phenoxy) is 1. The van der Waals surface area contributed by atoms with Crippen LogP contribution >= 0.6 is 0 Å². The molecule has 1 aliphatic heterocycles. The highest BCUT2D eigenvalue weighted by molar-refractivity contribution is 6.06. The van der Waals surface area contributed by atoms with Crippen molar-refractivity contribution in [1.82, 2.24) is 20.0 Å². The molecule has 0 spiro atoms. The van der Waals surface area contributed by atoms with Gasteiger partial charge in [-0.2, -0.15) is 5.10 Å². The van der Waals surface area contributed by atoms with Crippen LogP contribution in [0.25, 0.3) is 10.9 Å². The third-order valence-electron chi connectivity index (χ3n) is 4.32. The molecule has 1 aromatic heterocycles. The van der Waals surface area contributed by atoms with Gasteiger partial charge in [0.05, 0.1) is 12.6 Å². The predicted molar refractivity (Wildman–Crippen MR) is 85.3 cm³/mol. The molecule has 1 saturated heterocycles. The first-order chi connectivity index (χ1) is 10.4. The number of piperazine rings is 1. The fraction of sp³-hybridized carbons (Fsp3) is 0.500. The number of H-pyrrole nitrogens is 1. The fourth-order valence-electron chi connectivity index (χ4n) is 3.25. The van der Waals surface area contributed by atoms with Crippen molar-refractivity contribution in [3.8, 4) is 5.75 Å². The standard InChI is InChI=1S/C16H22N4O2/c1-16(2)10-19(3)8-9-20(16)15(21)14-11-6-5-7-12(22-4)13(11)17-18-14/h5-7H,8-10H2,1-4H3,(H,17,18). The molecule has 2 aromatic rings. The van der Waals surface area contributed by atoms with Gasteiger partial charge in [-0.15, -0.1) is 0 Å². The summed E-state index contributed by atoms with van der Waals surface area (Å²) in [7, 11) is 3.69. The van der Waals surface area contributed by atoms with Gasteiger partial charge in [0.1, 0.15) is 11.3 Å². The van der Waals surface area contributed by atoms with E-state index in [2.05, 4.69) is 36.0 Å². The molecule has 0 unspecified atom stereocenters. The number of methoxy groups -OCH3 is 1. The van der Waals surface area contributed by atoms with E-state index in [0.29, 0.717) is 18.0 Å². The molecule has 22 heavy (non-hydrogen) atoms. The summed E-state index contributed by atoms with van der Waals surface area (Å²) >= 11 is 0. The molecule has 3 rings (SSSR count). The summed E-state index contributed by atoms with van der Waals surface area (Å²) in [5.41, 5.74) is 1.01. The summed E-state index contributed by atoms with van der Waals surface area (Å²) in [5.74, 6) is 0.666. The summed E-state index contributed by atoms with van der Waals surface area (Å²) in [6, 6.07) is 5.63. The van der Waals surface area contributed by atoms with Gasteiger partial charge in [-0.3, -0.25) is 9.89 Å². The van der Waals surface area contributed by atoms with Gasteiger partial charge in [-0.1, -0.05) is 12.1 Å². The number of carbonyl (C=O) groups excluding carboxylic acids is 1. The molecule has 0 aliphatic carbocycles. The molecule has 6 heteroatoms. The van der Waals surface area contributed by atoms with E-state index >= 15 is 0 Å². The van der Waals surface area contributed by atoms with Crippen LogP contribution in [0.4, 0.5) is 0 Å². The minimum atomic E-state index is -0.214. The van der Waals surface area contributed by atoms with Gasteiger partial charge >= 0.3 is 0 Å². The average Bonchev–Trinajstić information content (AvgIpc) is 2.89. The Bertz CT molecular complexity index is 707. The van der Waals surface area contributed by atoms with Crippen molar-refractivity contribution in [3.05, 3.63) is 23.9 Å². The Kier molecular flexibility index (Phi) is 3.56. The summed E-state index contributed by atoms with van der Waals surface area (Å²) < 4.78 is 5.32. The molecule has 6 nitrogen and oxygen atoms in total. The molecule has 1 fully saturated rings. The van der Waals surface area contributed by atoms with Gasteiger partial charge < -0.3 is 14.5 Å². The van der Waals surface area contributed by atoms with Gasteiger partial charge in [0.25, 0.3) is 5.91 Å². The monoisotopic (exact) mass is 302 g/mol. The Morgan fingerprint density at radius 1 is 1.36 bits per heavy atom. The zero-order valence-electron chi connectivity index (χ0n) is 13.5. The van der Waals surface area contributed by atoms with Crippen LogP contribution < -0.4 is 4.74 Å². The number of hydrogen-bond donors (Lipinski definition) is 1. The number of para-hydroxylation sites is 1. The minimum absolute atomic E-state index is 0.0300. The highest BCUT2D eigenvalue weighted by Gasteiger charge is 2.37. The largest absolute Gasteiger partial charge is 0.494 e. The van der Waals surface area contributed by atoms with Gasteiger partial charge in [0.15, 0.2) is 5.69 Å². The van der Waals surface area contributed by atoms with Crippen LogP contribution in [-0.4, -0.2) is 65.2 Å². The maximum Gasteiger partial charge on any atom is 0.275 e. The molecular formula is C16H22N4O2. The zero-order chi connectivity index (χ0) is 15.9. The molecule has 0 radical (unpaired) electrons. The van der Waals surface area contributed by atoms with Gasteiger partial charge in [-0.05, 0) is 27.0 Å². The van der Waals surface area contributed by atoms with Crippen LogP contribution in [0.2, 0.25) is 0 Å². The Morgan fingerprint density at radius 2 is 2.14 bits per heavy atom. The van der Waals surface area contributed by atoms with Crippen molar-refractivity contribution in [1.29, 1.82) is 0 Å². The number of nitrogens with zero attached hydrogens (tertiary/aromatic N) is 3. The minimum Gasteiger partial charge on any atom is -0.494 e. The number of carbonyl (C=O) groups is 1. The van der Waals surface area contributed by atoms with Crippen molar-refractivity contribution in [2.24, 2.45) is 0 Å². The summed E-state index contributed by atoms with van der Waals surface area (Å²) in [6.07, 6.45) is 0. The molecule has 0 bridgehead atoms. The quantitative estimate of drug-likeness (QED) is 0.918. The van der Waals surface area contributed by atoms with E-state index in [-0.39, 0.29) is 11.4 Å². The Hall–Kier alpha value is -2.08. The van der Waals surface area contributed by atoms with Gasteiger partial charge in [-0.25, -0.2) is 0 Å². The molecule has 2 heterocycles. The number of aromatic nitrogens is 2. The molecule has 0 saturated carbocycles. The van der Waals surface area contributed by atoms with Gasteiger partial charge in [0.2, 0.25) is 0 Å². The molecule has 118 valence electrons. The first-order valence-corrected chi connectivity index (χ1v) is 7.45. The lowest BCUT2D eigenvalue weighted by atomic mass is 9.98. The normalized spacial score (nSPS) is 18.6. The molecular weight excluding hydrogens is 280 g/mol.